The number of hydrogen-bond donors (Lipinski definition) is 1. The molecule has 0 fully saturated rings. The van der Waals surface area contributed by atoms with E-state index in [2.05, 4.69) is 11.9 Å². The molecule has 1 N–H and O–H groups in total. The van der Waals surface area contributed by atoms with E-state index in [9.17, 15) is 4.79 Å². The van der Waals surface area contributed by atoms with Crippen LogP contribution >= 0.6 is 0 Å². The molecule has 0 saturated carbocycles. The van der Waals surface area contributed by atoms with Crippen molar-refractivity contribution in [1.82, 2.24) is 10.2 Å². The summed E-state index contributed by atoms with van der Waals surface area (Å²) in [6.45, 7) is 5.82. The number of nitrogens with one attached hydrogen (secondary N) is 1. The molecule has 3 rings (SSSR count). The minimum absolute atomic E-state index is 0.0268. The number of ether oxygens (including phenoxy) is 3. The summed E-state index contributed by atoms with van der Waals surface area (Å²) in [6, 6.07) is 13.5. The smallest absolute Gasteiger partial charge is 0.234 e. The van der Waals surface area contributed by atoms with E-state index in [-0.39, 0.29) is 12.7 Å². The molecule has 0 aliphatic carbocycles. The summed E-state index contributed by atoms with van der Waals surface area (Å²) in [5, 5.41) is 2.93. The first-order chi connectivity index (χ1) is 13.1. The van der Waals surface area contributed by atoms with E-state index in [1.807, 2.05) is 54.4 Å². The average molecular weight is 368 g/mol. The number of hydrogen-bond acceptors (Lipinski definition) is 5. The predicted octanol–water partition coefficient (Wildman–Crippen LogP) is 2.73. The third-order valence-electron chi connectivity index (χ3n) is 4.08. The van der Waals surface area contributed by atoms with Gasteiger partial charge >= 0.3 is 0 Å². The van der Waals surface area contributed by atoms with Gasteiger partial charge in [0.2, 0.25) is 12.7 Å². The Morgan fingerprint density at radius 1 is 1.19 bits per heavy atom. The highest BCUT2D eigenvalue weighted by atomic mass is 16.7. The molecule has 0 aromatic heterocycles. The minimum atomic E-state index is -0.0268. The normalized spacial score (nSPS) is 12.1. The van der Waals surface area contributed by atoms with Gasteiger partial charge in [0, 0.05) is 13.1 Å². The van der Waals surface area contributed by atoms with Crippen molar-refractivity contribution in [1.29, 1.82) is 0 Å². The lowest BCUT2D eigenvalue weighted by atomic mass is 10.2. The molecule has 1 aliphatic rings. The van der Waals surface area contributed by atoms with E-state index in [4.69, 9.17) is 14.2 Å². The van der Waals surface area contributed by atoms with Gasteiger partial charge in [-0.2, -0.15) is 0 Å². The highest BCUT2D eigenvalue weighted by molar-refractivity contribution is 5.78. The van der Waals surface area contributed by atoms with Gasteiger partial charge < -0.3 is 19.5 Å². The fourth-order valence-corrected chi connectivity index (χ4v) is 2.77. The molecule has 6 nitrogen and oxygen atoms in total. The molecule has 0 bridgehead atoms. The van der Waals surface area contributed by atoms with Crippen molar-refractivity contribution in [3.05, 3.63) is 66.2 Å². The lowest BCUT2D eigenvalue weighted by Gasteiger charge is -2.16. The number of likely N-dealkylation sites (N-methyl/N-ethyl adjacent to an activating group) is 1. The van der Waals surface area contributed by atoms with E-state index in [1.165, 1.54) is 0 Å². The van der Waals surface area contributed by atoms with Crippen LogP contribution in [0.25, 0.3) is 0 Å². The predicted molar refractivity (Wildman–Crippen MR) is 103 cm³/mol. The van der Waals surface area contributed by atoms with Gasteiger partial charge in [-0.1, -0.05) is 30.9 Å². The summed E-state index contributed by atoms with van der Waals surface area (Å²) < 4.78 is 16.1. The van der Waals surface area contributed by atoms with Crippen LogP contribution in [0.15, 0.2) is 55.1 Å². The second kappa shape index (κ2) is 9.09. The van der Waals surface area contributed by atoms with Gasteiger partial charge in [0.1, 0.15) is 12.4 Å². The second-order valence-corrected chi connectivity index (χ2v) is 6.38. The van der Waals surface area contributed by atoms with Gasteiger partial charge in [-0.3, -0.25) is 9.69 Å². The standard InChI is InChI=1S/C21H24N2O4/c1-3-10-25-18-7-4-16(5-8-18)13-23(2)14-21(24)22-12-17-6-9-19-20(11-17)27-15-26-19/h3-9,11H,1,10,12-15H2,2H3,(H,22,24). The van der Waals surface area contributed by atoms with Crippen molar-refractivity contribution in [3.63, 3.8) is 0 Å². The monoisotopic (exact) mass is 368 g/mol. The van der Waals surface area contributed by atoms with Crippen molar-refractivity contribution in [2.45, 2.75) is 13.1 Å². The third kappa shape index (κ3) is 5.49. The number of nitrogens with zero attached hydrogens (tertiary/aromatic N) is 1. The largest absolute Gasteiger partial charge is 0.490 e. The van der Waals surface area contributed by atoms with Crippen LogP contribution in [0, 0.1) is 0 Å². The lowest BCUT2D eigenvalue weighted by Crippen LogP contribution is -2.34. The molecular formula is C21H24N2O4. The molecule has 6 heteroatoms. The molecule has 0 atom stereocenters. The molecule has 2 aromatic carbocycles. The molecule has 1 aliphatic heterocycles. The van der Waals surface area contributed by atoms with Crippen LogP contribution in [-0.4, -0.2) is 37.8 Å². The first kappa shape index (κ1) is 18.8. The number of benzene rings is 2. The van der Waals surface area contributed by atoms with Crippen molar-refractivity contribution in [3.8, 4) is 17.2 Å². The molecule has 0 unspecified atom stereocenters. The highest BCUT2D eigenvalue weighted by Gasteiger charge is 2.13. The summed E-state index contributed by atoms with van der Waals surface area (Å²) in [4.78, 5) is 14.2. The molecule has 1 amide bonds. The van der Waals surface area contributed by atoms with Gasteiger partial charge in [-0.25, -0.2) is 0 Å². The molecular weight excluding hydrogens is 344 g/mol. The Labute approximate surface area is 159 Å². The zero-order chi connectivity index (χ0) is 19.1. The van der Waals surface area contributed by atoms with Gasteiger partial charge in [0.05, 0.1) is 6.54 Å². The van der Waals surface area contributed by atoms with Crippen molar-refractivity contribution in [2.24, 2.45) is 0 Å². The van der Waals surface area contributed by atoms with Crippen LogP contribution in [0.4, 0.5) is 0 Å². The Balaban J connectivity index is 1.42. The quantitative estimate of drug-likeness (QED) is 0.690. The Morgan fingerprint density at radius 2 is 1.93 bits per heavy atom. The number of carbonyl (C=O) groups excluding carboxylic acids is 1. The zero-order valence-electron chi connectivity index (χ0n) is 15.4. The second-order valence-electron chi connectivity index (χ2n) is 6.38. The van der Waals surface area contributed by atoms with Crippen LogP contribution in [0.3, 0.4) is 0 Å². The van der Waals surface area contributed by atoms with E-state index < -0.39 is 0 Å². The van der Waals surface area contributed by atoms with Crippen LogP contribution in [0.2, 0.25) is 0 Å². The molecule has 27 heavy (non-hydrogen) atoms. The van der Waals surface area contributed by atoms with Gasteiger partial charge in [-0.15, -0.1) is 0 Å². The Morgan fingerprint density at radius 3 is 2.70 bits per heavy atom. The molecule has 0 spiro atoms. The zero-order valence-corrected chi connectivity index (χ0v) is 15.4. The first-order valence-electron chi connectivity index (χ1n) is 8.80. The number of amides is 1. The maximum Gasteiger partial charge on any atom is 0.234 e. The van der Waals surface area contributed by atoms with Crippen molar-refractivity contribution >= 4 is 5.91 Å². The van der Waals surface area contributed by atoms with E-state index in [0.29, 0.717) is 26.2 Å². The van der Waals surface area contributed by atoms with Crippen molar-refractivity contribution < 1.29 is 19.0 Å². The number of carbonyl (C=O) groups is 1. The number of fused-ring (bicyclic) bond motifs is 1. The van der Waals surface area contributed by atoms with Gasteiger partial charge in [0.15, 0.2) is 11.5 Å². The third-order valence-corrected chi connectivity index (χ3v) is 4.08. The highest BCUT2D eigenvalue weighted by Crippen LogP contribution is 2.32. The Bertz CT molecular complexity index is 789. The molecule has 1 heterocycles. The topological polar surface area (TPSA) is 60.0 Å². The van der Waals surface area contributed by atoms with Crippen LogP contribution < -0.4 is 19.5 Å². The SMILES string of the molecule is C=CCOc1ccc(CN(C)CC(=O)NCc2ccc3c(c2)OCO3)cc1. The number of rotatable bonds is 9. The fourth-order valence-electron chi connectivity index (χ4n) is 2.77. The minimum Gasteiger partial charge on any atom is -0.490 e. The summed E-state index contributed by atoms with van der Waals surface area (Å²) in [6.07, 6.45) is 1.71. The Kier molecular flexibility index (Phi) is 6.33. The van der Waals surface area contributed by atoms with Gasteiger partial charge in [-0.05, 0) is 42.4 Å². The van der Waals surface area contributed by atoms with Crippen LogP contribution in [-0.2, 0) is 17.9 Å². The van der Waals surface area contributed by atoms with Crippen molar-refractivity contribution in [2.75, 3.05) is 27.0 Å². The summed E-state index contributed by atoms with van der Waals surface area (Å²) in [5.41, 5.74) is 2.09. The van der Waals surface area contributed by atoms with E-state index >= 15 is 0 Å². The Hall–Kier alpha value is -2.99. The van der Waals surface area contributed by atoms with E-state index in [1.54, 1.807) is 6.08 Å². The first-order valence-corrected chi connectivity index (χ1v) is 8.80. The molecule has 2 aromatic rings. The summed E-state index contributed by atoms with van der Waals surface area (Å²) >= 11 is 0. The molecule has 0 saturated heterocycles. The van der Waals surface area contributed by atoms with Crippen LogP contribution in [0.5, 0.6) is 17.2 Å². The molecule has 142 valence electrons. The summed E-state index contributed by atoms with van der Waals surface area (Å²) in [7, 11) is 1.92. The maximum atomic E-state index is 12.2. The lowest BCUT2D eigenvalue weighted by molar-refractivity contribution is -0.122. The summed E-state index contributed by atoms with van der Waals surface area (Å²) in [5.74, 6) is 2.24. The molecule has 0 radical (unpaired) electrons. The fraction of sp³-hybridized carbons (Fsp3) is 0.286. The maximum absolute atomic E-state index is 12.2. The average Bonchev–Trinajstić information content (AvgIpc) is 3.13. The van der Waals surface area contributed by atoms with Crippen LogP contribution in [0.1, 0.15) is 11.1 Å². The van der Waals surface area contributed by atoms with E-state index in [0.717, 1.165) is 28.4 Å². The van der Waals surface area contributed by atoms with Gasteiger partial charge in [0.25, 0.3) is 0 Å².